The fourth-order valence-electron chi connectivity index (χ4n) is 2.80. The SMILES string of the molecule is C=C/C=C/C(=C)/C(=C\C=C\C=C1C=CC(=[N+](C)C)C=C1)c1ccc(N(C)C)cc1. The van der Waals surface area contributed by atoms with E-state index in [1.807, 2.05) is 40.3 Å². The number of hydrogen-bond donors (Lipinski definition) is 0. The Morgan fingerprint density at radius 2 is 1.59 bits per heavy atom. The van der Waals surface area contributed by atoms with E-state index in [0.717, 1.165) is 16.7 Å². The molecule has 1 aliphatic rings. The summed E-state index contributed by atoms with van der Waals surface area (Å²) in [6, 6.07) is 8.50. The smallest absolute Gasteiger partial charge is 0.199 e. The first-order valence-corrected chi connectivity index (χ1v) is 9.67. The summed E-state index contributed by atoms with van der Waals surface area (Å²) in [6.45, 7) is 7.97. The molecule has 2 nitrogen and oxygen atoms in total. The van der Waals surface area contributed by atoms with Gasteiger partial charge in [0.25, 0.3) is 0 Å². The average molecular weight is 384 g/mol. The summed E-state index contributed by atoms with van der Waals surface area (Å²) in [6.07, 6.45) is 22.5. The zero-order valence-corrected chi connectivity index (χ0v) is 18.0. The van der Waals surface area contributed by atoms with Crippen LogP contribution < -0.4 is 4.90 Å². The van der Waals surface area contributed by atoms with Crippen molar-refractivity contribution in [3.05, 3.63) is 121 Å². The minimum atomic E-state index is 0.947. The topological polar surface area (TPSA) is 6.25 Å². The molecule has 0 saturated carbocycles. The summed E-state index contributed by atoms with van der Waals surface area (Å²) in [7, 11) is 8.18. The molecule has 0 spiro atoms. The molecule has 0 atom stereocenters. The molecule has 0 N–H and O–H groups in total. The van der Waals surface area contributed by atoms with Gasteiger partial charge in [-0.1, -0.05) is 67.8 Å². The summed E-state index contributed by atoms with van der Waals surface area (Å²) in [5.41, 5.74) is 6.70. The first-order chi connectivity index (χ1) is 13.9. The van der Waals surface area contributed by atoms with Crippen molar-refractivity contribution in [3.8, 4) is 0 Å². The van der Waals surface area contributed by atoms with Crippen LogP contribution in [0.1, 0.15) is 5.56 Å². The van der Waals surface area contributed by atoms with E-state index >= 15 is 0 Å². The predicted octanol–water partition coefficient (Wildman–Crippen LogP) is 5.76. The Hall–Kier alpha value is -3.39. The molecule has 0 fully saturated rings. The Labute approximate surface area is 175 Å². The van der Waals surface area contributed by atoms with Crippen molar-refractivity contribution in [3.63, 3.8) is 0 Å². The molecule has 148 valence electrons. The van der Waals surface area contributed by atoms with Crippen LogP contribution in [0.25, 0.3) is 5.57 Å². The average Bonchev–Trinajstić information content (AvgIpc) is 2.72. The van der Waals surface area contributed by atoms with Crippen molar-refractivity contribution in [2.75, 3.05) is 33.1 Å². The van der Waals surface area contributed by atoms with Crippen LogP contribution in [-0.2, 0) is 0 Å². The normalized spacial score (nSPS) is 14.0. The molecule has 2 heteroatoms. The molecule has 2 rings (SSSR count). The molecule has 0 saturated heterocycles. The summed E-state index contributed by atoms with van der Waals surface area (Å²) in [5.74, 6) is 0. The standard InChI is InChI=1S/C27H31N2/c1-7-8-11-22(2)27(24-16-20-26(21-17-24)29(5)6)13-10-9-12-23-14-18-25(19-15-23)28(3)4/h7-21H,1-2H2,3-6H3/q+1/b11-8+. The number of nitrogens with zero attached hydrogens (tertiary/aromatic N) is 2. The van der Waals surface area contributed by atoms with Crippen molar-refractivity contribution in [2.24, 2.45) is 0 Å². The molecule has 1 aromatic rings. The van der Waals surface area contributed by atoms with Crippen molar-refractivity contribution < 1.29 is 4.58 Å². The second-order valence-corrected chi connectivity index (χ2v) is 7.18. The van der Waals surface area contributed by atoms with Gasteiger partial charge in [0, 0.05) is 31.9 Å². The van der Waals surface area contributed by atoms with Gasteiger partial charge < -0.3 is 4.90 Å². The third-order valence-electron chi connectivity index (χ3n) is 4.55. The molecule has 0 aromatic heterocycles. The maximum atomic E-state index is 4.23. The lowest BCUT2D eigenvalue weighted by molar-refractivity contribution is -0.462. The molecule has 0 amide bonds. The summed E-state index contributed by atoms with van der Waals surface area (Å²) in [5, 5.41) is 0. The van der Waals surface area contributed by atoms with Gasteiger partial charge in [0.05, 0.1) is 0 Å². The molecule has 0 radical (unpaired) electrons. The number of allylic oxidation sites excluding steroid dienone is 14. The zero-order chi connectivity index (χ0) is 21.2. The van der Waals surface area contributed by atoms with Crippen LogP contribution in [0.2, 0.25) is 0 Å². The number of rotatable bonds is 7. The highest BCUT2D eigenvalue weighted by molar-refractivity contribution is 6.02. The molecule has 1 aromatic carbocycles. The molecular formula is C27H31N2+. The molecule has 0 heterocycles. The van der Waals surface area contributed by atoms with Gasteiger partial charge in [0.2, 0.25) is 0 Å². The van der Waals surface area contributed by atoms with Gasteiger partial charge in [0.1, 0.15) is 14.1 Å². The minimum Gasteiger partial charge on any atom is -0.378 e. The van der Waals surface area contributed by atoms with Crippen molar-refractivity contribution in [2.45, 2.75) is 0 Å². The molecule has 1 aliphatic carbocycles. The van der Waals surface area contributed by atoms with Gasteiger partial charge in [-0.05, 0) is 46.6 Å². The van der Waals surface area contributed by atoms with Gasteiger partial charge in [-0.2, -0.15) is 0 Å². The van der Waals surface area contributed by atoms with E-state index in [4.69, 9.17) is 0 Å². The van der Waals surface area contributed by atoms with Crippen LogP contribution in [-0.4, -0.2) is 38.5 Å². The monoisotopic (exact) mass is 383 g/mol. The van der Waals surface area contributed by atoms with E-state index in [2.05, 4.69) is 95.5 Å². The Bertz CT molecular complexity index is 934. The summed E-state index contributed by atoms with van der Waals surface area (Å²) < 4.78 is 2.10. The second-order valence-electron chi connectivity index (χ2n) is 7.18. The van der Waals surface area contributed by atoms with E-state index in [1.54, 1.807) is 6.08 Å². The van der Waals surface area contributed by atoms with E-state index in [1.165, 1.54) is 17.0 Å². The first kappa shape index (κ1) is 21.9. The Kier molecular flexibility index (Phi) is 8.17. The zero-order valence-electron chi connectivity index (χ0n) is 18.0. The van der Waals surface area contributed by atoms with Crippen LogP contribution in [0, 0.1) is 0 Å². The van der Waals surface area contributed by atoms with E-state index < -0.39 is 0 Å². The maximum Gasteiger partial charge on any atom is 0.199 e. The minimum absolute atomic E-state index is 0.947. The third-order valence-corrected chi connectivity index (χ3v) is 4.55. The molecule has 29 heavy (non-hydrogen) atoms. The number of anilines is 1. The van der Waals surface area contributed by atoms with Crippen LogP contribution in [0.5, 0.6) is 0 Å². The second kappa shape index (κ2) is 10.8. The Morgan fingerprint density at radius 3 is 2.14 bits per heavy atom. The van der Waals surface area contributed by atoms with E-state index in [0.29, 0.717) is 0 Å². The van der Waals surface area contributed by atoms with Crippen LogP contribution in [0.15, 0.2) is 115 Å². The highest BCUT2D eigenvalue weighted by Crippen LogP contribution is 2.25. The van der Waals surface area contributed by atoms with Crippen molar-refractivity contribution in [1.82, 2.24) is 0 Å². The maximum absolute atomic E-state index is 4.23. The predicted molar refractivity (Wildman–Crippen MR) is 130 cm³/mol. The lowest BCUT2D eigenvalue weighted by Gasteiger charge is -2.14. The van der Waals surface area contributed by atoms with Gasteiger partial charge in [-0.15, -0.1) is 0 Å². The lowest BCUT2D eigenvalue weighted by atomic mass is 9.97. The largest absolute Gasteiger partial charge is 0.378 e. The Balaban J connectivity index is 2.26. The molecule has 0 bridgehead atoms. The molecule has 0 unspecified atom stereocenters. The van der Waals surface area contributed by atoms with Crippen molar-refractivity contribution >= 4 is 17.0 Å². The third kappa shape index (κ3) is 6.62. The lowest BCUT2D eigenvalue weighted by Crippen LogP contribution is -2.09. The molecule has 0 aliphatic heterocycles. The quantitative estimate of drug-likeness (QED) is 0.429. The highest BCUT2D eigenvalue weighted by Gasteiger charge is 2.05. The van der Waals surface area contributed by atoms with Gasteiger partial charge in [-0.25, -0.2) is 4.58 Å². The van der Waals surface area contributed by atoms with Gasteiger partial charge >= 0.3 is 0 Å². The fourth-order valence-corrected chi connectivity index (χ4v) is 2.80. The fraction of sp³-hybridized carbons (Fsp3) is 0.148. The summed E-state index contributed by atoms with van der Waals surface area (Å²) in [4.78, 5) is 2.09. The first-order valence-electron chi connectivity index (χ1n) is 9.67. The van der Waals surface area contributed by atoms with Crippen LogP contribution in [0.4, 0.5) is 5.69 Å². The van der Waals surface area contributed by atoms with E-state index in [-0.39, 0.29) is 0 Å². The van der Waals surface area contributed by atoms with Crippen LogP contribution in [0.3, 0.4) is 0 Å². The summed E-state index contributed by atoms with van der Waals surface area (Å²) >= 11 is 0. The van der Waals surface area contributed by atoms with Crippen LogP contribution >= 0.6 is 0 Å². The Morgan fingerprint density at radius 1 is 0.931 bits per heavy atom. The highest BCUT2D eigenvalue weighted by atomic mass is 15.1. The number of benzene rings is 1. The number of hydrogen-bond acceptors (Lipinski definition) is 1. The van der Waals surface area contributed by atoms with Gasteiger partial charge in [-0.3, -0.25) is 0 Å². The van der Waals surface area contributed by atoms with Crippen molar-refractivity contribution in [1.29, 1.82) is 0 Å². The molecular weight excluding hydrogens is 352 g/mol. The van der Waals surface area contributed by atoms with Gasteiger partial charge in [0.15, 0.2) is 5.71 Å². The van der Waals surface area contributed by atoms with E-state index in [9.17, 15) is 0 Å².